The van der Waals surface area contributed by atoms with Crippen LogP contribution in [0.4, 0.5) is 10.1 Å². The highest BCUT2D eigenvalue weighted by atomic mass is 19.1. The average molecular weight is 252 g/mol. The lowest BCUT2D eigenvalue weighted by atomic mass is 10.2. The molecule has 18 heavy (non-hydrogen) atoms. The molecule has 98 valence electrons. The van der Waals surface area contributed by atoms with Gasteiger partial charge >= 0.3 is 0 Å². The Kier molecular flexibility index (Phi) is 3.93. The van der Waals surface area contributed by atoms with E-state index in [9.17, 15) is 14.3 Å². The van der Waals surface area contributed by atoms with Gasteiger partial charge in [0.05, 0.1) is 12.3 Å². The van der Waals surface area contributed by atoms with Gasteiger partial charge in [0.1, 0.15) is 11.9 Å². The van der Waals surface area contributed by atoms with E-state index in [0.717, 1.165) is 6.42 Å². The minimum Gasteiger partial charge on any atom is -0.394 e. The van der Waals surface area contributed by atoms with E-state index in [1.807, 2.05) is 4.90 Å². The van der Waals surface area contributed by atoms with Crippen molar-refractivity contribution in [2.75, 3.05) is 31.6 Å². The lowest BCUT2D eigenvalue weighted by Gasteiger charge is -2.26. The van der Waals surface area contributed by atoms with Gasteiger partial charge < -0.3 is 10.0 Å². The standard InChI is InChI=1S/C13H17FN2O2/c1-15-7-4-8-16(13(18)12(15)9-17)11-6-3-2-5-10(11)14/h2-3,5-6,12,17H,4,7-9H2,1H3. The number of hydrogen-bond donors (Lipinski definition) is 1. The van der Waals surface area contributed by atoms with Crippen LogP contribution in [0.25, 0.3) is 0 Å². The van der Waals surface area contributed by atoms with Crippen LogP contribution in [0.3, 0.4) is 0 Å². The molecule has 1 aromatic carbocycles. The second-order valence-electron chi connectivity index (χ2n) is 4.47. The molecule has 0 aromatic heterocycles. The highest BCUT2D eigenvalue weighted by Gasteiger charge is 2.31. The fourth-order valence-corrected chi connectivity index (χ4v) is 2.24. The molecule has 2 rings (SSSR count). The number of para-hydroxylation sites is 1. The summed E-state index contributed by atoms with van der Waals surface area (Å²) in [5, 5.41) is 9.31. The average Bonchev–Trinajstić information content (AvgIpc) is 2.49. The Bertz CT molecular complexity index is 439. The van der Waals surface area contributed by atoms with Crippen LogP contribution >= 0.6 is 0 Å². The molecule has 1 aromatic rings. The third-order valence-corrected chi connectivity index (χ3v) is 3.29. The van der Waals surface area contributed by atoms with Crippen molar-refractivity contribution in [3.63, 3.8) is 0 Å². The van der Waals surface area contributed by atoms with Crippen molar-refractivity contribution in [2.24, 2.45) is 0 Å². The summed E-state index contributed by atoms with van der Waals surface area (Å²) in [4.78, 5) is 15.5. The van der Waals surface area contributed by atoms with Gasteiger partial charge in [0.25, 0.3) is 0 Å². The minimum absolute atomic E-state index is 0.248. The van der Waals surface area contributed by atoms with Crippen LogP contribution < -0.4 is 4.90 Å². The molecule has 1 fully saturated rings. The zero-order valence-corrected chi connectivity index (χ0v) is 10.3. The Morgan fingerprint density at radius 2 is 2.11 bits per heavy atom. The Balaban J connectivity index is 2.32. The van der Waals surface area contributed by atoms with Gasteiger partial charge in [-0.3, -0.25) is 9.69 Å². The minimum atomic E-state index is -0.591. The Morgan fingerprint density at radius 3 is 2.78 bits per heavy atom. The van der Waals surface area contributed by atoms with E-state index in [1.54, 1.807) is 25.2 Å². The Labute approximate surface area is 106 Å². The lowest BCUT2D eigenvalue weighted by molar-refractivity contribution is -0.123. The van der Waals surface area contributed by atoms with Gasteiger partial charge in [0.15, 0.2) is 0 Å². The molecule has 1 unspecified atom stereocenters. The highest BCUT2D eigenvalue weighted by Crippen LogP contribution is 2.22. The Hall–Kier alpha value is -1.46. The molecule has 0 spiro atoms. The highest BCUT2D eigenvalue weighted by molar-refractivity contribution is 5.97. The topological polar surface area (TPSA) is 43.8 Å². The summed E-state index contributed by atoms with van der Waals surface area (Å²) >= 11 is 0. The van der Waals surface area contributed by atoms with Crippen molar-refractivity contribution in [1.29, 1.82) is 0 Å². The van der Waals surface area contributed by atoms with Crippen LogP contribution in [0, 0.1) is 5.82 Å². The van der Waals surface area contributed by atoms with Crippen molar-refractivity contribution in [1.82, 2.24) is 4.90 Å². The molecule has 5 heteroatoms. The summed E-state index contributed by atoms with van der Waals surface area (Å²) in [5.74, 6) is -0.658. The molecule has 1 N–H and O–H groups in total. The third kappa shape index (κ3) is 2.37. The number of amides is 1. The number of halogens is 1. The van der Waals surface area contributed by atoms with Gasteiger partial charge in [0, 0.05) is 13.1 Å². The first-order chi connectivity index (χ1) is 8.65. The zero-order chi connectivity index (χ0) is 13.1. The number of hydrogen-bond acceptors (Lipinski definition) is 3. The molecule has 0 saturated carbocycles. The van der Waals surface area contributed by atoms with Gasteiger partial charge in [-0.05, 0) is 25.6 Å². The van der Waals surface area contributed by atoms with Crippen molar-refractivity contribution in [3.05, 3.63) is 30.1 Å². The molecule has 4 nitrogen and oxygen atoms in total. The number of benzene rings is 1. The maximum absolute atomic E-state index is 13.7. The van der Waals surface area contributed by atoms with E-state index in [2.05, 4.69) is 0 Å². The third-order valence-electron chi connectivity index (χ3n) is 3.29. The van der Waals surface area contributed by atoms with Crippen molar-refractivity contribution < 1.29 is 14.3 Å². The molecule has 0 radical (unpaired) electrons. The first-order valence-electron chi connectivity index (χ1n) is 6.02. The number of carbonyl (C=O) groups excluding carboxylic acids is 1. The zero-order valence-electron chi connectivity index (χ0n) is 10.3. The molecule has 1 aliphatic heterocycles. The van der Waals surface area contributed by atoms with Gasteiger partial charge in [-0.25, -0.2) is 4.39 Å². The number of carbonyl (C=O) groups is 1. The largest absolute Gasteiger partial charge is 0.394 e. The van der Waals surface area contributed by atoms with E-state index in [0.29, 0.717) is 13.1 Å². The van der Waals surface area contributed by atoms with Crippen LogP contribution in [0.2, 0.25) is 0 Å². The van der Waals surface area contributed by atoms with Crippen LogP contribution in [0.15, 0.2) is 24.3 Å². The maximum Gasteiger partial charge on any atom is 0.246 e. The monoisotopic (exact) mass is 252 g/mol. The van der Waals surface area contributed by atoms with Crippen LogP contribution in [0.1, 0.15) is 6.42 Å². The van der Waals surface area contributed by atoms with Gasteiger partial charge in [-0.15, -0.1) is 0 Å². The maximum atomic E-state index is 13.7. The number of aliphatic hydroxyl groups is 1. The SMILES string of the molecule is CN1CCCN(c2ccccc2F)C(=O)C1CO. The summed E-state index contributed by atoms with van der Waals surface area (Å²) in [5.41, 5.74) is 0.288. The number of anilines is 1. The molecule has 1 amide bonds. The Morgan fingerprint density at radius 1 is 1.39 bits per heavy atom. The summed E-state index contributed by atoms with van der Waals surface area (Å²) in [6.07, 6.45) is 0.757. The van der Waals surface area contributed by atoms with E-state index in [-0.39, 0.29) is 18.2 Å². The first kappa shape index (κ1) is 13.0. The van der Waals surface area contributed by atoms with Gasteiger partial charge in [-0.1, -0.05) is 12.1 Å². The molecular formula is C13H17FN2O2. The number of rotatable bonds is 2. The van der Waals surface area contributed by atoms with Crippen LogP contribution in [-0.4, -0.2) is 48.7 Å². The second kappa shape index (κ2) is 5.46. The van der Waals surface area contributed by atoms with E-state index in [1.165, 1.54) is 11.0 Å². The second-order valence-corrected chi connectivity index (χ2v) is 4.47. The van der Waals surface area contributed by atoms with Crippen molar-refractivity contribution in [3.8, 4) is 0 Å². The molecule has 1 aliphatic rings. The fourth-order valence-electron chi connectivity index (χ4n) is 2.24. The van der Waals surface area contributed by atoms with Crippen molar-refractivity contribution in [2.45, 2.75) is 12.5 Å². The summed E-state index contributed by atoms with van der Waals surface area (Å²) in [6.45, 7) is 0.933. The molecular weight excluding hydrogens is 235 g/mol. The number of nitrogens with zero attached hydrogens (tertiary/aromatic N) is 2. The summed E-state index contributed by atoms with van der Waals surface area (Å²) < 4.78 is 13.7. The lowest BCUT2D eigenvalue weighted by Crippen LogP contribution is -2.46. The predicted octanol–water partition coefficient (Wildman–Crippen LogP) is 0.855. The van der Waals surface area contributed by atoms with Crippen LogP contribution in [-0.2, 0) is 4.79 Å². The number of aliphatic hydroxyl groups excluding tert-OH is 1. The summed E-state index contributed by atoms with van der Waals surface area (Å²) in [6, 6.07) is 5.63. The summed E-state index contributed by atoms with van der Waals surface area (Å²) in [7, 11) is 1.80. The van der Waals surface area contributed by atoms with Gasteiger partial charge in [0.2, 0.25) is 5.91 Å². The first-order valence-corrected chi connectivity index (χ1v) is 6.02. The van der Waals surface area contributed by atoms with Gasteiger partial charge in [-0.2, -0.15) is 0 Å². The normalized spacial score (nSPS) is 22.1. The molecule has 0 bridgehead atoms. The quantitative estimate of drug-likeness (QED) is 0.849. The van der Waals surface area contributed by atoms with E-state index >= 15 is 0 Å². The van der Waals surface area contributed by atoms with Crippen LogP contribution in [0.5, 0.6) is 0 Å². The molecule has 1 heterocycles. The molecule has 1 atom stereocenters. The molecule has 1 saturated heterocycles. The molecule has 0 aliphatic carbocycles. The predicted molar refractivity (Wildman–Crippen MR) is 66.9 cm³/mol. The van der Waals surface area contributed by atoms with Crippen molar-refractivity contribution >= 4 is 11.6 Å². The van der Waals surface area contributed by atoms with E-state index < -0.39 is 11.9 Å². The fraction of sp³-hybridized carbons (Fsp3) is 0.462. The van der Waals surface area contributed by atoms with E-state index in [4.69, 9.17) is 0 Å². The smallest absolute Gasteiger partial charge is 0.246 e. The number of likely N-dealkylation sites (N-methyl/N-ethyl adjacent to an activating group) is 1.